The number of rotatable bonds is 7. The van der Waals surface area contributed by atoms with Crippen molar-refractivity contribution in [2.24, 2.45) is 5.92 Å². The van der Waals surface area contributed by atoms with Crippen molar-refractivity contribution in [2.45, 2.75) is 25.9 Å². The summed E-state index contributed by atoms with van der Waals surface area (Å²) in [5.41, 5.74) is 2.07. The van der Waals surface area contributed by atoms with E-state index in [1.165, 1.54) is 13.2 Å². The molecule has 0 radical (unpaired) electrons. The average molecular weight is 342 g/mol. The first-order chi connectivity index (χ1) is 12.1. The molecule has 2 atom stereocenters. The minimum atomic E-state index is -0.980. The molecule has 0 bridgehead atoms. The number of hydrogen-bond donors (Lipinski definition) is 1. The third-order valence-electron chi connectivity index (χ3n) is 4.27. The van der Waals surface area contributed by atoms with Crippen LogP contribution in [-0.4, -0.2) is 18.2 Å². The van der Waals surface area contributed by atoms with Crippen molar-refractivity contribution in [3.63, 3.8) is 0 Å². The van der Waals surface area contributed by atoms with E-state index in [-0.39, 0.29) is 5.83 Å². The predicted molar refractivity (Wildman–Crippen MR) is 95.9 cm³/mol. The van der Waals surface area contributed by atoms with Crippen molar-refractivity contribution < 1.29 is 19.0 Å². The van der Waals surface area contributed by atoms with Crippen LogP contribution in [0.2, 0.25) is 0 Å². The number of aliphatic hydroxyl groups excluding tert-OH is 1. The maximum Gasteiger partial charge on any atom is 0.337 e. The zero-order chi connectivity index (χ0) is 18.2. The second-order valence-corrected chi connectivity index (χ2v) is 5.86. The number of benzene rings is 2. The molecule has 0 heterocycles. The van der Waals surface area contributed by atoms with Gasteiger partial charge in [-0.1, -0.05) is 48.5 Å². The van der Waals surface area contributed by atoms with Crippen LogP contribution in [0.5, 0.6) is 0 Å². The summed E-state index contributed by atoms with van der Waals surface area (Å²) in [6.45, 7) is 1.62. The topological polar surface area (TPSA) is 46.5 Å². The highest BCUT2D eigenvalue weighted by Crippen LogP contribution is 2.32. The van der Waals surface area contributed by atoms with Crippen LogP contribution < -0.4 is 0 Å². The molecule has 0 unspecified atom stereocenters. The van der Waals surface area contributed by atoms with Crippen molar-refractivity contribution >= 4 is 5.97 Å². The Labute approximate surface area is 147 Å². The molecule has 0 aliphatic rings. The second kappa shape index (κ2) is 9.14. The molecule has 25 heavy (non-hydrogen) atoms. The Morgan fingerprint density at radius 2 is 1.80 bits per heavy atom. The molecule has 0 saturated heterocycles. The summed E-state index contributed by atoms with van der Waals surface area (Å²) in [4.78, 5) is 11.5. The quantitative estimate of drug-likeness (QED) is 0.746. The zero-order valence-corrected chi connectivity index (χ0v) is 14.5. The lowest BCUT2D eigenvalue weighted by molar-refractivity contribution is 0.0600. The van der Waals surface area contributed by atoms with Gasteiger partial charge in [-0.25, -0.2) is 9.18 Å². The molecule has 0 amide bonds. The molecule has 0 aliphatic carbocycles. The number of esters is 1. The summed E-state index contributed by atoms with van der Waals surface area (Å²) in [6.07, 6.45) is 1.57. The van der Waals surface area contributed by atoms with Crippen molar-refractivity contribution in [2.75, 3.05) is 7.11 Å². The normalized spacial score (nSPS) is 14.0. The van der Waals surface area contributed by atoms with E-state index in [0.29, 0.717) is 24.0 Å². The molecule has 0 aromatic heterocycles. The summed E-state index contributed by atoms with van der Waals surface area (Å²) >= 11 is 0. The van der Waals surface area contributed by atoms with Gasteiger partial charge in [0, 0.05) is 5.92 Å². The van der Waals surface area contributed by atoms with E-state index in [0.717, 1.165) is 5.56 Å². The lowest BCUT2D eigenvalue weighted by Gasteiger charge is -2.22. The SMILES string of the molecule is CC=C(F)[C@@H](CCc1ccccc1)[C@@H](O)c1ccc(C(=O)OC)cc1. The van der Waals surface area contributed by atoms with Crippen molar-refractivity contribution in [1.29, 1.82) is 0 Å². The van der Waals surface area contributed by atoms with Gasteiger partial charge in [0.15, 0.2) is 0 Å². The molecule has 0 saturated carbocycles. The molecule has 132 valence electrons. The predicted octanol–water partition coefficient (Wildman–Crippen LogP) is 4.63. The van der Waals surface area contributed by atoms with Gasteiger partial charge in [0.1, 0.15) is 5.83 Å². The summed E-state index contributed by atoms with van der Waals surface area (Å²) in [6, 6.07) is 16.2. The van der Waals surface area contributed by atoms with Gasteiger partial charge in [0.05, 0.1) is 18.8 Å². The number of aryl methyl sites for hydroxylation is 1. The van der Waals surface area contributed by atoms with Crippen LogP contribution in [0.25, 0.3) is 0 Å². The van der Waals surface area contributed by atoms with Crippen LogP contribution >= 0.6 is 0 Å². The van der Waals surface area contributed by atoms with E-state index in [2.05, 4.69) is 4.74 Å². The average Bonchev–Trinajstić information content (AvgIpc) is 2.68. The Balaban J connectivity index is 2.15. The third kappa shape index (κ3) is 5.00. The maximum atomic E-state index is 14.3. The van der Waals surface area contributed by atoms with Gasteiger partial charge in [0.2, 0.25) is 0 Å². The fourth-order valence-corrected chi connectivity index (χ4v) is 2.79. The number of carbonyl (C=O) groups excluding carboxylic acids is 1. The van der Waals surface area contributed by atoms with Crippen LogP contribution in [0.1, 0.15) is 40.9 Å². The van der Waals surface area contributed by atoms with Gasteiger partial charge in [-0.3, -0.25) is 0 Å². The Kier molecular flexibility index (Phi) is 6.90. The Bertz CT molecular complexity index is 708. The monoisotopic (exact) mass is 342 g/mol. The van der Waals surface area contributed by atoms with Gasteiger partial charge in [0.25, 0.3) is 0 Å². The molecule has 0 fully saturated rings. The van der Waals surface area contributed by atoms with E-state index in [9.17, 15) is 14.3 Å². The number of carbonyl (C=O) groups is 1. The molecule has 0 spiro atoms. The second-order valence-electron chi connectivity index (χ2n) is 5.86. The molecule has 2 rings (SSSR count). The van der Waals surface area contributed by atoms with Gasteiger partial charge < -0.3 is 9.84 Å². The summed E-state index contributed by atoms with van der Waals surface area (Å²) < 4.78 is 19.0. The zero-order valence-electron chi connectivity index (χ0n) is 14.5. The number of ether oxygens (including phenoxy) is 1. The van der Waals surface area contributed by atoms with Crippen molar-refractivity contribution in [3.05, 3.63) is 83.2 Å². The largest absolute Gasteiger partial charge is 0.465 e. The highest BCUT2D eigenvalue weighted by Gasteiger charge is 2.25. The Hall–Kier alpha value is -2.46. The van der Waals surface area contributed by atoms with E-state index < -0.39 is 18.0 Å². The molecule has 4 heteroatoms. The van der Waals surface area contributed by atoms with Crippen LogP contribution in [0.4, 0.5) is 4.39 Å². The fourth-order valence-electron chi connectivity index (χ4n) is 2.79. The molecule has 2 aromatic rings. The smallest absolute Gasteiger partial charge is 0.337 e. The summed E-state index contributed by atoms with van der Waals surface area (Å²) in [5.74, 6) is -1.41. The van der Waals surface area contributed by atoms with Crippen LogP contribution in [0.3, 0.4) is 0 Å². The van der Waals surface area contributed by atoms with Gasteiger partial charge >= 0.3 is 5.97 Å². The van der Waals surface area contributed by atoms with Crippen LogP contribution in [0, 0.1) is 5.92 Å². The molecular formula is C21H23FO3. The number of methoxy groups -OCH3 is 1. The third-order valence-corrected chi connectivity index (χ3v) is 4.27. The standard InChI is InChI=1S/C21H23FO3/c1-3-19(22)18(14-9-15-7-5-4-6-8-15)20(23)16-10-12-17(13-11-16)21(24)25-2/h3-8,10-13,18,20,23H,9,14H2,1-2H3/t18-,20+/m1/s1. The minimum absolute atomic E-state index is 0.333. The van der Waals surface area contributed by atoms with Gasteiger partial charge in [-0.05, 0) is 43.0 Å². The molecule has 1 N–H and O–H groups in total. The Morgan fingerprint density at radius 3 is 2.36 bits per heavy atom. The number of hydrogen-bond acceptors (Lipinski definition) is 3. The number of halogens is 1. The van der Waals surface area contributed by atoms with Crippen molar-refractivity contribution in [3.8, 4) is 0 Å². The fraction of sp³-hybridized carbons (Fsp3) is 0.286. The lowest BCUT2D eigenvalue weighted by atomic mass is 9.88. The highest BCUT2D eigenvalue weighted by atomic mass is 19.1. The van der Waals surface area contributed by atoms with Crippen LogP contribution in [-0.2, 0) is 11.2 Å². The number of allylic oxidation sites excluding steroid dienone is 1. The molecule has 0 aliphatic heterocycles. The Morgan fingerprint density at radius 1 is 1.16 bits per heavy atom. The summed E-state index contributed by atoms with van der Waals surface area (Å²) in [7, 11) is 1.31. The number of aliphatic hydroxyl groups is 1. The van der Waals surface area contributed by atoms with Gasteiger partial charge in [-0.2, -0.15) is 0 Å². The lowest BCUT2D eigenvalue weighted by Crippen LogP contribution is -2.15. The van der Waals surface area contributed by atoms with Gasteiger partial charge in [-0.15, -0.1) is 0 Å². The molecule has 3 nitrogen and oxygen atoms in total. The first-order valence-electron chi connectivity index (χ1n) is 8.28. The molecule has 2 aromatic carbocycles. The maximum absolute atomic E-state index is 14.3. The van der Waals surface area contributed by atoms with Crippen molar-refractivity contribution in [1.82, 2.24) is 0 Å². The molecular weight excluding hydrogens is 319 g/mol. The van der Waals surface area contributed by atoms with E-state index in [1.54, 1.807) is 31.2 Å². The summed E-state index contributed by atoms with van der Waals surface area (Å²) in [5, 5.41) is 10.6. The van der Waals surface area contributed by atoms with E-state index in [1.807, 2.05) is 30.3 Å². The minimum Gasteiger partial charge on any atom is -0.465 e. The highest BCUT2D eigenvalue weighted by molar-refractivity contribution is 5.89. The van der Waals surface area contributed by atoms with E-state index >= 15 is 0 Å². The van der Waals surface area contributed by atoms with E-state index in [4.69, 9.17) is 0 Å². The first kappa shape index (κ1) is 18.9. The van der Waals surface area contributed by atoms with Crippen LogP contribution in [0.15, 0.2) is 66.5 Å². The first-order valence-corrected chi connectivity index (χ1v) is 8.28.